The van der Waals surface area contributed by atoms with Crippen LogP contribution in [0.2, 0.25) is 0 Å². The molecule has 1 rings (SSSR count). The number of unbranched alkanes of at least 4 members (excludes halogenated alkanes) is 2. The van der Waals surface area contributed by atoms with Crippen LogP contribution in [-0.2, 0) is 4.79 Å². The third-order valence-electron chi connectivity index (χ3n) is 2.87. The number of benzene rings is 1. The van der Waals surface area contributed by atoms with Crippen molar-refractivity contribution in [3.8, 4) is 0 Å². The van der Waals surface area contributed by atoms with Crippen molar-refractivity contribution in [1.29, 1.82) is 0 Å². The summed E-state index contributed by atoms with van der Waals surface area (Å²) < 4.78 is 0. The summed E-state index contributed by atoms with van der Waals surface area (Å²) in [5.41, 5.74) is 6.95. The van der Waals surface area contributed by atoms with Gasteiger partial charge in [-0.15, -0.1) is 0 Å². The zero-order valence-corrected chi connectivity index (χ0v) is 11.1. The van der Waals surface area contributed by atoms with Crippen molar-refractivity contribution in [2.45, 2.75) is 32.6 Å². The predicted molar refractivity (Wildman–Crippen MR) is 74.3 cm³/mol. The lowest BCUT2D eigenvalue weighted by Crippen LogP contribution is -2.13. The van der Waals surface area contributed by atoms with E-state index < -0.39 is 5.97 Å². The second-order valence-electron chi connectivity index (χ2n) is 4.48. The van der Waals surface area contributed by atoms with E-state index in [0.29, 0.717) is 18.7 Å². The lowest BCUT2D eigenvalue weighted by atomic mass is 10.1. The number of hydrogen-bond donors (Lipinski definition) is 3. The largest absolute Gasteiger partial charge is 0.478 e. The van der Waals surface area contributed by atoms with Gasteiger partial charge in [0.05, 0.1) is 5.56 Å². The van der Waals surface area contributed by atoms with Crippen LogP contribution in [0.3, 0.4) is 0 Å². The highest BCUT2D eigenvalue weighted by Gasteiger charge is 2.08. The summed E-state index contributed by atoms with van der Waals surface area (Å²) in [5, 5.41) is 11.7. The van der Waals surface area contributed by atoms with Gasteiger partial charge in [-0.1, -0.05) is 12.5 Å². The molecule has 104 valence electrons. The maximum absolute atomic E-state index is 11.7. The molecule has 0 aromatic heterocycles. The fraction of sp³-hybridized carbons (Fsp3) is 0.429. The number of rotatable bonds is 7. The van der Waals surface area contributed by atoms with Crippen LogP contribution in [0.15, 0.2) is 18.2 Å². The Balaban J connectivity index is 2.58. The SMILES string of the molecule is Cc1ccc(C(=O)O)cc1NC(=O)CCCCCN. The molecule has 0 bridgehead atoms. The zero-order valence-electron chi connectivity index (χ0n) is 11.1. The quantitative estimate of drug-likeness (QED) is 0.658. The Morgan fingerprint density at radius 2 is 2.00 bits per heavy atom. The van der Waals surface area contributed by atoms with Crippen molar-refractivity contribution >= 4 is 17.6 Å². The maximum atomic E-state index is 11.7. The summed E-state index contributed by atoms with van der Waals surface area (Å²) in [6.45, 7) is 2.47. The summed E-state index contributed by atoms with van der Waals surface area (Å²) >= 11 is 0. The van der Waals surface area contributed by atoms with E-state index in [1.807, 2.05) is 6.92 Å². The van der Waals surface area contributed by atoms with E-state index >= 15 is 0 Å². The normalized spacial score (nSPS) is 10.2. The highest BCUT2D eigenvalue weighted by Crippen LogP contribution is 2.17. The number of aryl methyl sites for hydroxylation is 1. The third kappa shape index (κ3) is 5.09. The Morgan fingerprint density at radius 3 is 2.63 bits per heavy atom. The molecule has 0 spiro atoms. The first kappa shape index (κ1) is 15.2. The van der Waals surface area contributed by atoms with Gasteiger partial charge in [0.1, 0.15) is 0 Å². The van der Waals surface area contributed by atoms with Gasteiger partial charge >= 0.3 is 5.97 Å². The molecule has 0 aliphatic carbocycles. The van der Waals surface area contributed by atoms with Gasteiger partial charge in [-0.2, -0.15) is 0 Å². The Bertz CT molecular complexity index is 458. The van der Waals surface area contributed by atoms with Gasteiger partial charge in [0.15, 0.2) is 0 Å². The Morgan fingerprint density at radius 1 is 1.26 bits per heavy atom. The third-order valence-corrected chi connectivity index (χ3v) is 2.87. The minimum atomic E-state index is -1.00. The van der Waals surface area contributed by atoms with Crippen LogP contribution < -0.4 is 11.1 Å². The first-order chi connectivity index (χ1) is 9.04. The van der Waals surface area contributed by atoms with Gasteiger partial charge < -0.3 is 16.2 Å². The van der Waals surface area contributed by atoms with E-state index in [1.54, 1.807) is 6.07 Å². The summed E-state index contributed by atoms with van der Waals surface area (Å²) in [4.78, 5) is 22.6. The summed E-state index contributed by atoms with van der Waals surface area (Å²) in [6, 6.07) is 4.69. The van der Waals surface area contributed by atoms with Crippen molar-refractivity contribution in [3.63, 3.8) is 0 Å². The smallest absolute Gasteiger partial charge is 0.335 e. The molecule has 0 unspecified atom stereocenters. The van der Waals surface area contributed by atoms with Crippen molar-refractivity contribution < 1.29 is 14.7 Å². The number of aromatic carboxylic acids is 1. The average Bonchev–Trinajstić information content (AvgIpc) is 2.37. The standard InChI is InChI=1S/C14H20N2O3/c1-10-6-7-11(14(18)19)9-12(10)16-13(17)5-3-2-4-8-15/h6-7,9H,2-5,8,15H2,1H3,(H,16,17)(H,18,19). The fourth-order valence-corrected chi connectivity index (χ4v) is 1.71. The molecule has 5 nitrogen and oxygen atoms in total. The summed E-state index contributed by atoms with van der Waals surface area (Å²) in [7, 11) is 0. The predicted octanol–water partition coefficient (Wildman–Crippen LogP) is 2.15. The second-order valence-corrected chi connectivity index (χ2v) is 4.48. The van der Waals surface area contributed by atoms with Crippen molar-refractivity contribution in [3.05, 3.63) is 29.3 Å². The molecule has 0 aliphatic rings. The molecule has 0 fully saturated rings. The number of anilines is 1. The van der Waals surface area contributed by atoms with E-state index in [2.05, 4.69) is 5.32 Å². The number of hydrogen-bond acceptors (Lipinski definition) is 3. The van der Waals surface area contributed by atoms with Gasteiger partial charge in [-0.05, 0) is 44.0 Å². The lowest BCUT2D eigenvalue weighted by Gasteiger charge is -2.09. The Labute approximate surface area is 112 Å². The molecule has 19 heavy (non-hydrogen) atoms. The van der Waals surface area contributed by atoms with Crippen LogP contribution in [0.1, 0.15) is 41.6 Å². The Hall–Kier alpha value is -1.88. The molecule has 0 saturated heterocycles. The van der Waals surface area contributed by atoms with E-state index in [9.17, 15) is 9.59 Å². The minimum absolute atomic E-state index is 0.0948. The van der Waals surface area contributed by atoms with Crippen molar-refractivity contribution in [2.75, 3.05) is 11.9 Å². The molecule has 0 heterocycles. The first-order valence-electron chi connectivity index (χ1n) is 6.38. The van der Waals surface area contributed by atoms with Crippen molar-refractivity contribution in [1.82, 2.24) is 0 Å². The molecular weight excluding hydrogens is 244 g/mol. The number of nitrogens with one attached hydrogen (secondary N) is 1. The molecule has 0 saturated carbocycles. The van der Waals surface area contributed by atoms with E-state index in [1.165, 1.54) is 12.1 Å². The van der Waals surface area contributed by atoms with E-state index in [4.69, 9.17) is 10.8 Å². The fourth-order valence-electron chi connectivity index (χ4n) is 1.71. The molecular formula is C14H20N2O3. The second kappa shape index (κ2) is 7.53. The van der Waals surface area contributed by atoms with E-state index in [0.717, 1.165) is 24.8 Å². The van der Waals surface area contributed by atoms with Gasteiger partial charge in [0.25, 0.3) is 0 Å². The molecule has 1 aromatic rings. The summed E-state index contributed by atoms with van der Waals surface area (Å²) in [6.07, 6.45) is 3.07. The highest BCUT2D eigenvalue weighted by atomic mass is 16.4. The number of carboxylic acids is 1. The molecule has 0 radical (unpaired) electrons. The number of amides is 1. The van der Waals surface area contributed by atoms with Crippen LogP contribution in [0.4, 0.5) is 5.69 Å². The van der Waals surface area contributed by atoms with E-state index in [-0.39, 0.29) is 11.5 Å². The first-order valence-corrected chi connectivity index (χ1v) is 6.38. The van der Waals surface area contributed by atoms with Gasteiger partial charge in [0, 0.05) is 12.1 Å². The molecule has 1 aromatic carbocycles. The Kier molecular flexibility index (Phi) is 6.02. The topological polar surface area (TPSA) is 92.4 Å². The van der Waals surface area contributed by atoms with Gasteiger partial charge in [0.2, 0.25) is 5.91 Å². The monoisotopic (exact) mass is 264 g/mol. The molecule has 0 atom stereocenters. The molecule has 5 heteroatoms. The number of nitrogens with two attached hydrogens (primary N) is 1. The van der Waals surface area contributed by atoms with Gasteiger partial charge in [-0.3, -0.25) is 4.79 Å². The molecule has 1 amide bonds. The lowest BCUT2D eigenvalue weighted by molar-refractivity contribution is -0.116. The van der Waals surface area contributed by atoms with Gasteiger partial charge in [-0.25, -0.2) is 4.79 Å². The molecule has 4 N–H and O–H groups in total. The number of carbonyl (C=O) groups is 2. The minimum Gasteiger partial charge on any atom is -0.478 e. The van der Waals surface area contributed by atoms with Crippen LogP contribution in [0.5, 0.6) is 0 Å². The van der Waals surface area contributed by atoms with Crippen LogP contribution in [0, 0.1) is 6.92 Å². The summed E-state index contributed by atoms with van der Waals surface area (Å²) in [5.74, 6) is -1.10. The van der Waals surface area contributed by atoms with Crippen molar-refractivity contribution in [2.24, 2.45) is 5.73 Å². The number of carbonyl (C=O) groups excluding carboxylic acids is 1. The maximum Gasteiger partial charge on any atom is 0.335 e. The van der Waals surface area contributed by atoms with Crippen LogP contribution >= 0.6 is 0 Å². The number of carboxylic acid groups (broad SMARTS) is 1. The zero-order chi connectivity index (χ0) is 14.3. The molecule has 0 aliphatic heterocycles. The van der Waals surface area contributed by atoms with Crippen LogP contribution in [0.25, 0.3) is 0 Å². The average molecular weight is 264 g/mol. The van der Waals surface area contributed by atoms with Crippen LogP contribution in [-0.4, -0.2) is 23.5 Å². The highest BCUT2D eigenvalue weighted by molar-refractivity contribution is 5.94.